The lowest BCUT2D eigenvalue weighted by Crippen LogP contribution is -2.38. The van der Waals surface area contributed by atoms with E-state index in [4.69, 9.17) is 18.9 Å². The summed E-state index contributed by atoms with van der Waals surface area (Å²) in [5, 5.41) is 6.58. The van der Waals surface area contributed by atoms with Crippen LogP contribution in [0.5, 0.6) is 23.0 Å². The molecule has 0 bridgehead atoms. The molecule has 0 aliphatic heterocycles. The first kappa shape index (κ1) is 25.7. The normalized spacial score (nSPS) is 10.6. The quantitative estimate of drug-likeness (QED) is 0.200. The molecule has 0 aromatic heterocycles. The van der Waals surface area contributed by atoms with Gasteiger partial charge in [-0.3, -0.25) is 0 Å². The van der Waals surface area contributed by atoms with Gasteiger partial charge < -0.3 is 29.6 Å². The monoisotopic (exact) mass is 529 g/mol. The van der Waals surface area contributed by atoms with Gasteiger partial charge in [-0.2, -0.15) is 0 Å². The summed E-state index contributed by atoms with van der Waals surface area (Å²) >= 11 is 0. The largest absolute Gasteiger partial charge is 0.494 e. The van der Waals surface area contributed by atoms with E-state index >= 15 is 0 Å². The van der Waals surface area contributed by atoms with Crippen molar-refractivity contribution in [3.63, 3.8) is 0 Å². The van der Waals surface area contributed by atoms with Crippen LogP contribution in [-0.4, -0.2) is 47.0 Å². The van der Waals surface area contributed by atoms with Crippen molar-refractivity contribution in [3.05, 3.63) is 48.0 Å². The summed E-state index contributed by atoms with van der Waals surface area (Å²) in [5.41, 5.74) is 0.912. The van der Waals surface area contributed by atoms with E-state index in [1.807, 2.05) is 49.4 Å². The van der Waals surface area contributed by atoms with Crippen LogP contribution in [0.4, 0.5) is 0 Å². The molecule has 7 nitrogen and oxygen atoms in total. The molecule has 0 amide bonds. The topological polar surface area (TPSA) is 73.3 Å². The van der Waals surface area contributed by atoms with Gasteiger partial charge in [0.2, 0.25) is 5.75 Å². The first-order valence-electron chi connectivity index (χ1n) is 9.71. The van der Waals surface area contributed by atoms with Crippen molar-refractivity contribution < 1.29 is 18.9 Å². The van der Waals surface area contributed by atoms with Gasteiger partial charge in [-0.15, -0.1) is 24.0 Å². The molecule has 2 rings (SSSR count). The Bertz CT molecular complexity index is 772. The van der Waals surface area contributed by atoms with E-state index in [2.05, 4.69) is 15.6 Å². The maximum atomic E-state index is 5.71. The number of aliphatic imine (C=N–C) groups is 1. The summed E-state index contributed by atoms with van der Waals surface area (Å²) in [5.74, 6) is 3.44. The van der Waals surface area contributed by atoms with Crippen LogP contribution in [0, 0.1) is 0 Å². The van der Waals surface area contributed by atoms with E-state index in [0.717, 1.165) is 36.8 Å². The van der Waals surface area contributed by atoms with Crippen LogP contribution in [0.15, 0.2) is 47.5 Å². The number of hydrogen-bond donors (Lipinski definition) is 2. The fraction of sp³-hybridized carbons (Fsp3) is 0.409. The molecule has 0 saturated heterocycles. The van der Waals surface area contributed by atoms with Crippen LogP contribution in [0.1, 0.15) is 18.9 Å². The summed E-state index contributed by atoms with van der Waals surface area (Å²) < 4.78 is 22.0. The van der Waals surface area contributed by atoms with Crippen LogP contribution in [0.2, 0.25) is 0 Å². The van der Waals surface area contributed by atoms with Gasteiger partial charge in [-0.05, 0) is 37.6 Å². The molecular weight excluding hydrogens is 497 g/mol. The standard InChI is InChI=1S/C22H31N3O4.HI/c1-5-23-22(24-14-9-15-29-18-10-7-6-8-11-18)25-16-17-12-13-19(26-2)21(28-4)20(17)27-3;/h6-8,10-13H,5,9,14-16H2,1-4H3,(H2,23,24,25);1H. The van der Waals surface area contributed by atoms with Crippen molar-refractivity contribution >= 4 is 29.9 Å². The molecule has 0 unspecified atom stereocenters. The van der Waals surface area contributed by atoms with E-state index in [1.54, 1.807) is 21.3 Å². The zero-order chi connectivity index (χ0) is 20.9. The highest BCUT2D eigenvalue weighted by atomic mass is 127. The van der Waals surface area contributed by atoms with Gasteiger partial charge in [0.25, 0.3) is 0 Å². The van der Waals surface area contributed by atoms with Crippen LogP contribution in [0.3, 0.4) is 0 Å². The second-order valence-corrected chi connectivity index (χ2v) is 6.13. The number of methoxy groups -OCH3 is 3. The zero-order valence-corrected chi connectivity index (χ0v) is 20.4. The van der Waals surface area contributed by atoms with E-state index in [1.165, 1.54) is 0 Å². The molecule has 0 fully saturated rings. The van der Waals surface area contributed by atoms with E-state index < -0.39 is 0 Å². The maximum Gasteiger partial charge on any atom is 0.203 e. The number of nitrogens with zero attached hydrogens (tertiary/aromatic N) is 1. The molecule has 8 heteroatoms. The van der Waals surface area contributed by atoms with Gasteiger partial charge in [-0.1, -0.05) is 18.2 Å². The fourth-order valence-corrected chi connectivity index (χ4v) is 2.78. The number of hydrogen-bond acceptors (Lipinski definition) is 5. The molecule has 0 spiro atoms. The van der Waals surface area contributed by atoms with E-state index in [9.17, 15) is 0 Å². The number of halogens is 1. The highest BCUT2D eigenvalue weighted by Gasteiger charge is 2.15. The molecule has 166 valence electrons. The summed E-state index contributed by atoms with van der Waals surface area (Å²) in [6, 6.07) is 13.6. The highest BCUT2D eigenvalue weighted by molar-refractivity contribution is 14.0. The van der Waals surface area contributed by atoms with Crippen molar-refractivity contribution in [1.29, 1.82) is 0 Å². The Morgan fingerprint density at radius 1 is 0.900 bits per heavy atom. The molecule has 0 radical (unpaired) electrons. The number of rotatable bonds is 11. The Kier molecular flexibility index (Phi) is 12.5. The maximum absolute atomic E-state index is 5.71. The highest BCUT2D eigenvalue weighted by Crippen LogP contribution is 2.39. The van der Waals surface area contributed by atoms with Gasteiger partial charge in [0.1, 0.15) is 5.75 Å². The van der Waals surface area contributed by atoms with Crippen LogP contribution in [-0.2, 0) is 6.54 Å². The van der Waals surface area contributed by atoms with Gasteiger partial charge in [0, 0.05) is 18.7 Å². The average Bonchev–Trinajstić information content (AvgIpc) is 2.76. The van der Waals surface area contributed by atoms with Crippen LogP contribution < -0.4 is 29.6 Å². The van der Waals surface area contributed by atoms with Crippen LogP contribution in [0.25, 0.3) is 0 Å². The van der Waals surface area contributed by atoms with Gasteiger partial charge in [-0.25, -0.2) is 4.99 Å². The Hall–Kier alpha value is -2.36. The number of benzene rings is 2. The Balaban J connectivity index is 0.00000450. The molecule has 0 atom stereocenters. The minimum Gasteiger partial charge on any atom is -0.494 e. The van der Waals surface area contributed by atoms with Crippen molar-refractivity contribution in [1.82, 2.24) is 10.6 Å². The molecule has 0 saturated carbocycles. The molecule has 2 aromatic rings. The number of ether oxygens (including phenoxy) is 4. The SMILES string of the molecule is CCNC(=NCc1ccc(OC)c(OC)c1OC)NCCCOc1ccccc1.I. The molecule has 0 aliphatic carbocycles. The predicted octanol–water partition coefficient (Wildman–Crippen LogP) is 3.85. The number of guanidine groups is 1. The molecule has 2 aromatic carbocycles. The van der Waals surface area contributed by atoms with Crippen molar-refractivity contribution in [2.24, 2.45) is 4.99 Å². The first-order valence-corrected chi connectivity index (χ1v) is 9.71. The van der Waals surface area contributed by atoms with E-state index in [0.29, 0.717) is 30.4 Å². The average molecular weight is 529 g/mol. The molecule has 0 heterocycles. The molecule has 0 aliphatic rings. The predicted molar refractivity (Wildman–Crippen MR) is 131 cm³/mol. The lowest BCUT2D eigenvalue weighted by Gasteiger charge is -2.16. The van der Waals surface area contributed by atoms with Crippen molar-refractivity contribution in [2.45, 2.75) is 19.9 Å². The number of nitrogens with one attached hydrogen (secondary N) is 2. The summed E-state index contributed by atoms with van der Waals surface area (Å²) in [7, 11) is 4.81. The molecule has 2 N–H and O–H groups in total. The Labute approximate surface area is 196 Å². The Morgan fingerprint density at radius 3 is 2.27 bits per heavy atom. The second-order valence-electron chi connectivity index (χ2n) is 6.13. The summed E-state index contributed by atoms with van der Waals surface area (Å²) in [6.45, 7) is 4.64. The van der Waals surface area contributed by atoms with Crippen molar-refractivity contribution in [3.8, 4) is 23.0 Å². The summed E-state index contributed by atoms with van der Waals surface area (Å²) in [6.07, 6.45) is 0.860. The minimum absolute atomic E-state index is 0. The lowest BCUT2D eigenvalue weighted by atomic mass is 10.1. The molecule has 30 heavy (non-hydrogen) atoms. The third kappa shape index (κ3) is 7.81. The van der Waals surface area contributed by atoms with Crippen LogP contribution >= 0.6 is 24.0 Å². The van der Waals surface area contributed by atoms with E-state index in [-0.39, 0.29) is 24.0 Å². The van der Waals surface area contributed by atoms with Crippen molar-refractivity contribution in [2.75, 3.05) is 41.0 Å². The first-order chi connectivity index (χ1) is 14.2. The minimum atomic E-state index is 0. The third-order valence-electron chi connectivity index (χ3n) is 4.16. The zero-order valence-electron chi connectivity index (χ0n) is 18.1. The molecular formula is C22H32IN3O4. The van der Waals surface area contributed by atoms with Gasteiger partial charge in [0.15, 0.2) is 17.5 Å². The third-order valence-corrected chi connectivity index (χ3v) is 4.16. The summed E-state index contributed by atoms with van der Waals surface area (Å²) in [4.78, 5) is 4.66. The van der Waals surface area contributed by atoms with Gasteiger partial charge >= 0.3 is 0 Å². The second kappa shape index (κ2) is 14.6. The fourth-order valence-electron chi connectivity index (χ4n) is 2.78. The lowest BCUT2D eigenvalue weighted by molar-refractivity contribution is 0.311. The van der Waals surface area contributed by atoms with Gasteiger partial charge in [0.05, 0.1) is 34.5 Å². The smallest absolute Gasteiger partial charge is 0.203 e. The Morgan fingerprint density at radius 2 is 1.63 bits per heavy atom. The number of para-hydroxylation sites is 1.